The summed E-state index contributed by atoms with van der Waals surface area (Å²) >= 11 is 6.94. The molecule has 0 atom stereocenters. The smallest absolute Gasteiger partial charge is 0.230 e. The van der Waals surface area contributed by atoms with E-state index in [4.69, 9.17) is 11.6 Å². The summed E-state index contributed by atoms with van der Waals surface area (Å²) in [6.45, 7) is 3.57. The van der Waals surface area contributed by atoms with Crippen molar-refractivity contribution in [2.75, 3.05) is 0 Å². The summed E-state index contributed by atoms with van der Waals surface area (Å²) in [7, 11) is 0. The van der Waals surface area contributed by atoms with Gasteiger partial charge in [-0.3, -0.25) is 9.52 Å². The Labute approximate surface area is 105 Å². The number of hydrogen-bond acceptors (Lipinski definition) is 2. The van der Waals surface area contributed by atoms with Gasteiger partial charge in [0, 0.05) is 16.3 Å². The minimum atomic E-state index is 0.0202. The Morgan fingerprint density at radius 2 is 2.00 bits per heavy atom. The molecule has 86 valence electrons. The average Bonchev–Trinajstić information content (AvgIpc) is 2.27. The Hall–Kier alpha value is -0.930. The molecular weight excluding hydrogens is 242 g/mol. The van der Waals surface area contributed by atoms with Crippen LogP contribution in [0.3, 0.4) is 0 Å². The molecule has 4 heteroatoms. The number of benzene rings is 1. The van der Waals surface area contributed by atoms with Gasteiger partial charge >= 0.3 is 0 Å². The molecule has 0 fully saturated rings. The number of allylic oxidation sites excluding steroid dienone is 1. The number of carbonyl (C=O) groups excluding carboxylic acids is 1. The molecule has 0 aliphatic heterocycles. The van der Waals surface area contributed by atoms with Gasteiger partial charge in [0.15, 0.2) is 0 Å². The molecule has 0 aliphatic carbocycles. The van der Waals surface area contributed by atoms with Gasteiger partial charge in [0.1, 0.15) is 0 Å². The number of nitrogens with one attached hydrogen (secondary N) is 1. The van der Waals surface area contributed by atoms with Crippen molar-refractivity contribution in [3.05, 3.63) is 41.9 Å². The fourth-order valence-corrected chi connectivity index (χ4v) is 1.86. The average molecular weight is 256 g/mol. The van der Waals surface area contributed by atoms with Crippen LogP contribution in [-0.4, -0.2) is 5.91 Å². The second-order valence-corrected chi connectivity index (χ2v) is 4.73. The van der Waals surface area contributed by atoms with Crippen molar-refractivity contribution in [2.45, 2.75) is 24.2 Å². The Morgan fingerprint density at radius 1 is 1.31 bits per heavy atom. The van der Waals surface area contributed by atoms with E-state index < -0.39 is 0 Å². The molecule has 2 nitrogen and oxygen atoms in total. The fraction of sp³-hybridized carbons (Fsp3) is 0.250. The zero-order valence-electron chi connectivity index (χ0n) is 8.91. The molecule has 0 aliphatic rings. The van der Waals surface area contributed by atoms with E-state index in [9.17, 15) is 4.79 Å². The van der Waals surface area contributed by atoms with E-state index in [1.807, 2.05) is 30.3 Å². The number of rotatable bonds is 6. The maximum absolute atomic E-state index is 11.4. The van der Waals surface area contributed by atoms with Crippen LogP contribution in [0, 0.1) is 0 Å². The predicted molar refractivity (Wildman–Crippen MR) is 69.3 cm³/mol. The van der Waals surface area contributed by atoms with Gasteiger partial charge in [0.05, 0.1) is 0 Å². The van der Waals surface area contributed by atoms with Crippen LogP contribution in [0.5, 0.6) is 0 Å². The minimum absolute atomic E-state index is 0.0202. The SMILES string of the molecule is C=C(Cl)CCCC(=O)NSc1ccccc1. The first-order valence-electron chi connectivity index (χ1n) is 5.02. The lowest BCUT2D eigenvalue weighted by atomic mass is 10.2. The first kappa shape index (κ1) is 13.1. The normalized spacial score (nSPS) is 9.81. The molecule has 0 unspecified atom stereocenters. The minimum Gasteiger partial charge on any atom is -0.296 e. The lowest BCUT2D eigenvalue weighted by Gasteiger charge is -2.03. The topological polar surface area (TPSA) is 29.1 Å². The highest BCUT2D eigenvalue weighted by atomic mass is 35.5. The summed E-state index contributed by atoms with van der Waals surface area (Å²) in [6, 6.07) is 9.72. The van der Waals surface area contributed by atoms with Crippen molar-refractivity contribution >= 4 is 29.5 Å². The van der Waals surface area contributed by atoms with E-state index in [0.29, 0.717) is 17.9 Å². The van der Waals surface area contributed by atoms with Gasteiger partial charge in [-0.2, -0.15) is 0 Å². The second-order valence-electron chi connectivity index (χ2n) is 3.31. The maximum atomic E-state index is 11.4. The van der Waals surface area contributed by atoms with E-state index in [2.05, 4.69) is 11.3 Å². The molecule has 1 rings (SSSR count). The van der Waals surface area contributed by atoms with Crippen LogP contribution in [0.2, 0.25) is 0 Å². The molecule has 0 bridgehead atoms. The van der Waals surface area contributed by atoms with Gasteiger partial charge < -0.3 is 0 Å². The van der Waals surface area contributed by atoms with Crippen LogP contribution in [0.25, 0.3) is 0 Å². The number of carbonyl (C=O) groups is 1. The number of amides is 1. The molecule has 0 radical (unpaired) electrons. The molecule has 0 aromatic heterocycles. The largest absolute Gasteiger partial charge is 0.296 e. The Balaban J connectivity index is 2.18. The third-order valence-corrected chi connectivity index (χ3v) is 2.90. The lowest BCUT2D eigenvalue weighted by molar-refractivity contribution is -0.119. The zero-order valence-corrected chi connectivity index (χ0v) is 10.5. The third-order valence-electron chi connectivity index (χ3n) is 1.88. The molecule has 0 saturated carbocycles. The Bertz CT molecular complexity index is 353. The van der Waals surface area contributed by atoms with Gasteiger partial charge in [-0.25, -0.2) is 0 Å². The molecular formula is C12H14ClNOS. The van der Waals surface area contributed by atoms with Crippen LogP contribution in [0.1, 0.15) is 19.3 Å². The highest BCUT2D eigenvalue weighted by molar-refractivity contribution is 7.98. The van der Waals surface area contributed by atoms with Crippen LogP contribution >= 0.6 is 23.5 Å². The number of hydrogen-bond donors (Lipinski definition) is 1. The highest BCUT2D eigenvalue weighted by Crippen LogP contribution is 2.14. The lowest BCUT2D eigenvalue weighted by Crippen LogP contribution is -2.14. The molecule has 0 spiro atoms. The highest BCUT2D eigenvalue weighted by Gasteiger charge is 2.01. The first-order chi connectivity index (χ1) is 7.68. The van der Waals surface area contributed by atoms with Crippen molar-refractivity contribution in [1.29, 1.82) is 0 Å². The van der Waals surface area contributed by atoms with Crippen LogP contribution in [0.15, 0.2) is 46.8 Å². The van der Waals surface area contributed by atoms with Gasteiger partial charge in [-0.1, -0.05) is 36.4 Å². The Kier molecular flexibility index (Phi) is 6.04. The Morgan fingerprint density at radius 3 is 2.62 bits per heavy atom. The molecule has 1 aromatic rings. The third kappa shape index (κ3) is 5.83. The fourth-order valence-electron chi connectivity index (χ4n) is 1.10. The predicted octanol–water partition coefficient (Wildman–Crippen LogP) is 3.73. The van der Waals surface area contributed by atoms with Crippen LogP contribution < -0.4 is 4.72 Å². The summed E-state index contributed by atoms with van der Waals surface area (Å²) in [5, 5.41) is 0.600. The number of halogens is 1. The second kappa shape index (κ2) is 7.36. The summed E-state index contributed by atoms with van der Waals surface area (Å²) in [6.07, 6.45) is 1.90. The molecule has 16 heavy (non-hydrogen) atoms. The molecule has 0 heterocycles. The molecule has 1 N–H and O–H groups in total. The summed E-state index contributed by atoms with van der Waals surface area (Å²) in [4.78, 5) is 12.4. The summed E-state index contributed by atoms with van der Waals surface area (Å²) in [5.41, 5.74) is 0. The molecule has 1 amide bonds. The van der Waals surface area contributed by atoms with Crippen molar-refractivity contribution in [1.82, 2.24) is 4.72 Å². The van der Waals surface area contributed by atoms with Crippen LogP contribution in [0.4, 0.5) is 0 Å². The van der Waals surface area contributed by atoms with Gasteiger partial charge in [0.25, 0.3) is 0 Å². The molecule has 1 aromatic carbocycles. The van der Waals surface area contributed by atoms with Gasteiger partial charge in [-0.05, 0) is 36.9 Å². The van der Waals surface area contributed by atoms with Crippen LogP contribution in [-0.2, 0) is 4.79 Å². The van der Waals surface area contributed by atoms with E-state index in [0.717, 1.165) is 11.3 Å². The standard InChI is InChI=1S/C12H14ClNOS/c1-10(13)6-5-9-12(15)14-16-11-7-3-2-4-8-11/h2-4,7-8H,1,5-6,9H2,(H,14,15). The van der Waals surface area contributed by atoms with Crippen molar-refractivity contribution < 1.29 is 4.79 Å². The monoisotopic (exact) mass is 255 g/mol. The maximum Gasteiger partial charge on any atom is 0.230 e. The zero-order chi connectivity index (χ0) is 11.8. The van der Waals surface area contributed by atoms with E-state index in [1.165, 1.54) is 11.9 Å². The van der Waals surface area contributed by atoms with E-state index >= 15 is 0 Å². The molecule has 0 saturated heterocycles. The quantitative estimate of drug-likeness (QED) is 0.785. The van der Waals surface area contributed by atoms with Crippen molar-refractivity contribution in [3.63, 3.8) is 0 Å². The van der Waals surface area contributed by atoms with Gasteiger partial charge in [-0.15, -0.1) is 0 Å². The van der Waals surface area contributed by atoms with E-state index in [-0.39, 0.29) is 5.91 Å². The van der Waals surface area contributed by atoms with Crippen molar-refractivity contribution in [3.8, 4) is 0 Å². The summed E-state index contributed by atoms with van der Waals surface area (Å²) < 4.78 is 2.78. The van der Waals surface area contributed by atoms with Gasteiger partial charge in [0.2, 0.25) is 5.91 Å². The van der Waals surface area contributed by atoms with E-state index in [1.54, 1.807) is 0 Å². The van der Waals surface area contributed by atoms with Crippen molar-refractivity contribution in [2.24, 2.45) is 0 Å². The summed E-state index contributed by atoms with van der Waals surface area (Å²) in [5.74, 6) is 0.0202. The first-order valence-corrected chi connectivity index (χ1v) is 6.22.